The molecule has 0 fully saturated rings. The van der Waals surface area contributed by atoms with Gasteiger partial charge in [0, 0.05) is 0 Å². The van der Waals surface area contributed by atoms with Gasteiger partial charge in [-0.2, -0.15) is 0 Å². The molecule has 1 aliphatic carbocycles. The maximum Gasteiger partial charge on any atom is 0.149 e. The Labute approximate surface area is 198 Å². The van der Waals surface area contributed by atoms with Gasteiger partial charge in [0.2, 0.25) is 0 Å². The zero-order valence-corrected chi connectivity index (χ0v) is 18.2. The number of nitrogens with two attached hydrogens (primary N) is 2. The number of rotatable bonds is 2. The van der Waals surface area contributed by atoms with Gasteiger partial charge < -0.3 is 11.5 Å². The molecule has 172 valence electrons. The molecule has 0 aromatic heterocycles. The molecule has 0 spiro atoms. The molecule has 0 atom stereocenters. The third-order valence-electron chi connectivity index (χ3n) is 6.94. The van der Waals surface area contributed by atoms with Crippen LogP contribution in [-0.4, -0.2) is 0 Å². The zero-order valence-electron chi connectivity index (χ0n) is 18.2. The van der Waals surface area contributed by atoms with E-state index < -0.39 is 40.1 Å². The van der Waals surface area contributed by atoms with E-state index in [1.807, 2.05) is 48.5 Å². The minimum atomic E-state index is -1.43. The van der Waals surface area contributed by atoms with Gasteiger partial charge in [0.1, 0.15) is 34.6 Å². The molecular formula is C29H18F4N2. The molecule has 0 unspecified atom stereocenters. The van der Waals surface area contributed by atoms with Gasteiger partial charge in [-0.1, -0.05) is 48.5 Å². The van der Waals surface area contributed by atoms with Crippen LogP contribution in [0.5, 0.6) is 0 Å². The van der Waals surface area contributed by atoms with E-state index in [9.17, 15) is 17.6 Å². The number of hydrogen-bond donors (Lipinski definition) is 2. The van der Waals surface area contributed by atoms with Crippen molar-refractivity contribution < 1.29 is 17.6 Å². The molecule has 6 rings (SSSR count). The molecule has 0 amide bonds. The van der Waals surface area contributed by atoms with Crippen molar-refractivity contribution in [1.29, 1.82) is 0 Å². The molecular weight excluding hydrogens is 452 g/mol. The van der Waals surface area contributed by atoms with Crippen molar-refractivity contribution in [3.8, 4) is 11.1 Å². The third kappa shape index (κ3) is 2.83. The van der Waals surface area contributed by atoms with E-state index in [4.69, 9.17) is 11.5 Å². The highest BCUT2D eigenvalue weighted by Gasteiger charge is 2.47. The van der Waals surface area contributed by atoms with Crippen LogP contribution in [0.2, 0.25) is 0 Å². The van der Waals surface area contributed by atoms with Crippen LogP contribution < -0.4 is 11.5 Å². The van der Waals surface area contributed by atoms with Crippen molar-refractivity contribution in [1.82, 2.24) is 0 Å². The van der Waals surface area contributed by atoms with E-state index in [0.717, 1.165) is 46.2 Å². The van der Waals surface area contributed by atoms with Crippen LogP contribution in [0.25, 0.3) is 21.9 Å². The lowest BCUT2D eigenvalue weighted by Crippen LogP contribution is -2.29. The minimum Gasteiger partial charge on any atom is -0.394 e. The summed E-state index contributed by atoms with van der Waals surface area (Å²) in [6, 6.07) is 23.4. The number of anilines is 2. The average Bonchev–Trinajstić information content (AvgIpc) is 3.14. The molecule has 0 aliphatic heterocycles. The Balaban J connectivity index is 1.85. The van der Waals surface area contributed by atoms with Gasteiger partial charge in [-0.3, -0.25) is 0 Å². The van der Waals surface area contributed by atoms with E-state index in [-0.39, 0.29) is 11.1 Å². The van der Waals surface area contributed by atoms with Crippen molar-refractivity contribution in [2.75, 3.05) is 11.5 Å². The molecule has 6 heteroatoms. The maximum absolute atomic E-state index is 14.9. The molecule has 5 aromatic carbocycles. The van der Waals surface area contributed by atoms with Gasteiger partial charge in [0.15, 0.2) is 0 Å². The fourth-order valence-electron chi connectivity index (χ4n) is 5.35. The van der Waals surface area contributed by atoms with E-state index in [2.05, 4.69) is 0 Å². The molecule has 2 nitrogen and oxygen atoms in total. The molecule has 0 radical (unpaired) electrons. The summed E-state index contributed by atoms with van der Waals surface area (Å²) in [4.78, 5) is 0. The minimum absolute atomic E-state index is 0.159. The lowest BCUT2D eigenvalue weighted by atomic mass is 9.67. The molecule has 5 aromatic rings. The van der Waals surface area contributed by atoms with Gasteiger partial charge >= 0.3 is 0 Å². The van der Waals surface area contributed by atoms with Crippen molar-refractivity contribution in [3.05, 3.63) is 130 Å². The summed E-state index contributed by atoms with van der Waals surface area (Å²) in [6.07, 6.45) is 0. The number of fused-ring (bicyclic) bond motifs is 4. The van der Waals surface area contributed by atoms with E-state index in [1.165, 1.54) is 0 Å². The first-order valence-corrected chi connectivity index (χ1v) is 11.0. The highest BCUT2D eigenvalue weighted by molar-refractivity contribution is 5.95. The van der Waals surface area contributed by atoms with Gasteiger partial charge in [-0.25, -0.2) is 17.6 Å². The van der Waals surface area contributed by atoms with Crippen molar-refractivity contribution in [3.63, 3.8) is 0 Å². The molecule has 0 saturated heterocycles. The van der Waals surface area contributed by atoms with Crippen molar-refractivity contribution in [2.24, 2.45) is 0 Å². The molecule has 0 saturated carbocycles. The summed E-state index contributed by atoms with van der Waals surface area (Å²) < 4.78 is 59.5. The van der Waals surface area contributed by atoms with Crippen LogP contribution in [0, 0.1) is 23.3 Å². The first-order chi connectivity index (χ1) is 16.8. The Hall–Kier alpha value is -4.32. The van der Waals surface area contributed by atoms with Gasteiger partial charge in [-0.15, -0.1) is 0 Å². The largest absolute Gasteiger partial charge is 0.394 e. The fourth-order valence-corrected chi connectivity index (χ4v) is 5.35. The Morgan fingerprint density at radius 3 is 1.49 bits per heavy atom. The van der Waals surface area contributed by atoms with E-state index >= 15 is 0 Å². The van der Waals surface area contributed by atoms with Gasteiger partial charge in [-0.05, 0) is 80.6 Å². The lowest BCUT2D eigenvalue weighted by molar-refractivity contribution is 0.573. The first kappa shape index (κ1) is 21.2. The van der Waals surface area contributed by atoms with Crippen LogP contribution in [0.1, 0.15) is 22.3 Å². The summed E-state index contributed by atoms with van der Waals surface area (Å²) in [6.45, 7) is 0. The Bertz CT molecular complexity index is 1570. The van der Waals surface area contributed by atoms with Gasteiger partial charge in [0.25, 0.3) is 0 Å². The number of hydrogen-bond acceptors (Lipinski definition) is 2. The molecule has 4 N–H and O–H groups in total. The second-order valence-corrected chi connectivity index (χ2v) is 8.75. The Morgan fingerprint density at radius 2 is 0.943 bits per heavy atom. The Kier molecular flexibility index (Phi) is 4.45. The maximum atomic E-state index is 14.9. The average molecular weight is 470 g/mol. The van der Waals surface area contributed by atoms with Crippen LogP contribution in [0.3, 0.4) is 0 Å². The SMILES string of the molecule is Nc1c(F)cc(C2(c3cc(F)c(N)c(F)c3)c3ccccc3-c3cc4ccccc4cc32)cc1F. The van der Waals surface area contributed by atoms with Crippen LogP contribution in [0.4, 0.5) is 28.9 Å². The number of nitrogen functional groups attached to an aromatic ring is 2. The summed E-state index contributed by atoms with van der Waals surface area (Å²) in [5.41, 5.74) is 11.7. The highest BCUT2D eigenvalue weighted by atomic mass is 19.1. The monoisotopic (exact) mass is 470 g/mol. The predicted octanol–water partition coefficient (Wildman–Crippen LogP) is 6.92. The second-order valence-electron chi connectivity index (χ2n) is 8.75. The standard InChI is InChI=1S/C29H18F4N2/c30-23-11-17(12-24(31)27(23)34)29(18-13-25(32)28(35)26(33)14-18)21-8-4-3-7-19(21)20-9-15-5-1-2-6-16(15)10-22(20)29/h1-14H,34-35H2. The second kappa shape index (κ2) is 7.34. The van der Waals surface area contributed by atoms with E-state index in [1.54, 1.807) is 12.1 Å². The smallest absolute Gasteiger partial charge is 0.149 e. The summed E-state index contributed by atoms with van der Waals surface area (Å²) in [5.74, 6) is -3.82. The van der Waals surface area contributed by atoms with Crippen LogP contribution >= 0.6 is 0 Å². The summed E-state index contributed by atoms with van der Waals surface area (Å²) in [5, 5.41) is 1.83. The normalized spacial score (nSPS) is 13.6. The van der Waals surface area contributed by atoms with Crippen molar-refractivity contribution in [2.45, 2.75) is 5.41 Å². The molecule has 0 heterocycles. The number of benzene rings is 5. The lowest BCUT2D eigenvalue weighted by Gasteiger charge is -2.34. The van der Waals surface area contributed by atoms with Crippen molar-refractivity contribution >= 4 is 22.1 Å². The van der Waals surface area contributed by atoms with Crippen LogP contribution in [-0.2, 0) is 5.41 Å². The molecule has 35 heavy (non-hydrogen) atoms. The third-order valence-corrected chi connectivity index (χ3v) is 6.94. The highest BCUT2D eigenvalue weighted by Crippen LogP contribution is 2.57. The quantitative estimate of drug-likeness (QED) is 0.213. The molecule has 0 bridgehead atoms. The first-order valence-electron chi connectivity index (χ1n) is 11.0. The van der Waals surface area contributed by atoms with Gasteiger partial charge in [0.05, 0.1) is 5.41 Å². The topological polar surface area (TPSA) is 52.0 Å². The van der Waals surface area contributed by atoms with Crippen LogP contribution in [0.15, 0.2) is 84.9 Å². The molecule has 1 aliphatic rings. The Morgan fingerprint density at radius 1 is 0.486 bits per heavy atom. The summed E-state index contributed by atoms with van der Waals surface area (Å²) in [7, 11) is 0. The zero-order chi connectivity index (χ0) is 24.5. The van der Waals surface area contributed by atoms with E-state index in [0.29, 0.717) is 11.1 Å². The summed E-state index contributed by atoms with van der Waals surface area (Å²) >= 11 is 0. The fraction of sp³-hybridized carbons (Fsp3) is 0.0345. The number of halogens is 4. The predicted molar refractivity (Wildman–Crippen MR) is 130 cm³/mol.